The van der Waals surface area contributed by atoms with Crippen molar-refractivity contribution in [3.63, 3.8) is 0 Å². The number of hydrogen-bond acceptors (Lipinski definition) is 6. The molecule has 0 radical (unpaired) electrons. The molecule has 0 bridgehead atoms. The van der Waals surface area contributed by atoms with Crippen molar-refractivity contribution in [3.05, 3.63) is 40.9 Å². The molecule has 1 amide bonds. The van der Waals surface area contributed by atoms with Crippen LogP contribution in [0.5, 0.6) is 5.75 Å². The monoisotopic (exact) mass is 360 g/mol. The van der Waals surface area contributed by atoms with Crippen LogP contribution in [0.3, 0.4) is 0 Å². The molecule has 0 fully saturated rings. The van der Waals surface area contributed by atoms with Crippen molar-refractivity contribution in [2.45, 2.75) is 19.3 Å². The molecule has 0 unspecified atom stereocenters. The van der Waals surface area contributed by atoms with Gasteiger partial charge < -0.3 is 15.2 Å². The van der Waals surface area contributed by atoms with E-state index >= 15 is 0 Å². The van der Waals surface area contributed by atoms with Crippen LogP contribution in [0.15, 0.2) is 30.3 Å². The van der Waals surface area contributed by atoms with Gasteiger partial charge in [-0.15, -0.1) is 0 Å². The fourth-order valence-corrected chi connectivity index (χ4v) is 3.48. The summed E-state index contributed by atoms with van der Waals surface area (Å²) in [4.78, 5) is 39.7. The van der Waals surface area contributed by atoms with Crippen molar-refractivity contribution in [3.8, 4) is 5.75 Å². The summed E-state index contributed by atoms with van der Waals surface area (Å²) >= 11 is 1.09. The van der Waals surface area contributed by atoms with Crippen molar-refractivity contribution in [1.29, 1.82) is 0 Å². The molecule has 1 aliphatic carbocycles. The van der Waals surface area contributed by atoms with Gasteiger partial charge in [0.05, 0.1) is 29.5 Å². The number of hydrogen-bond donors (Lipinski definition) is 2. The summed E-state index contributed by atoms with van der Waals surface area (Å²) in [5.41, 5.74) is 0.449. The highest BCUT2D eigenvalue weighted by Crippen LogP contribution is 2.32. The van der Waals surface area contributed by atoms with Crippen LogP contribution in [-0.2, 0) is 16.0 Å². The smallest absolute Gasteiger partial charge is 0.307 e. The van der Waals surface area contributed by atoms with Crippen LogP contribution in [-0.4, -0.2) is 34.4 Å². The number of carbonyl (C=O) groups is 3. The number of aromatic nitrogens is 1. The molecule has 1 heterocycles. The topological polar surface area (TPSA) is 106 Å². The van der Waals surface area contributed by atoms with Crippen molar-refractivity contribution >= 4 is 34.1 Å². The van der Waals surface area contributed by atoms with E-state index in [4.69, 9.17) is 9.84 Å². The van der Waals surface area contributed by atoms with E-state index in [0.717, 1.165) is 11.3 Å². The zero-order chi connectivity index (χ0) is 17.8. The zero-order valence-electron chi connectivity index (χ0n) is 13.2. The molecular formula is C17H16N2O5S. The Morgan fingerprint density at radius 2 is 2.04 bits per heavy atom. The summed E-state index contributed by atoms with van der Waals surface area (Å²) in [6.07, 6.45) is 0.327. The Labute approximate surface area is 147 Å². The van der Waals surface area contributed by atoms with Crippen LogP contribution < -0.4 is 10.1 Å². The molecule has 2 aromatic rings. The van der Waals surface area contributed by atoms with Gasteiger partial charge in [0.25, 0.3) is 0 Å². The number of carboxylic acids is 1. The summed E-state index contributed by atoms with van der Waals surface area (Å²) in [7, 11) is 0. The lowest BCUT2D eigenvalue weighted by atomic mass is 9.90. The number of para-hydroxylation sites is 1. The van der Waals surface area contributed by atoms with Crippen LogP contribution in [0, 0.1) is 5.92 Å². The fourth-order valence-electron chi connectivity index (χ4n) is 2.52. The van der Waals surface area contributed by atoms with Gasteiger partial charge in [0.1, 0.15) is 5.75 Å². The molecule has 0 saturated carbocycles. The molecule has 2 N–H and O–H groups in total. The van der Waals surface area contributed by atoms with Crippen LogP contribution in [0.4, 0.5) is 5.13 Å². The van der Waals surface area contributed by atoms with Crippen molar-refractivity contribution in [1.82, 2.24) is 4.98 Å². The highest BCUT2D eigenvalue weighted by molar-refractivity contribution is 7.17. The number of ketones is 1. The number of amides is 1. The van der Waals surface area contributed by atoms with Gasteiger partial charge >= 0.3 is 5.97 Å². The Kier molecular flexibility index (Phi) is 5.08. The SMILES string of the molecule is O=C(CCOc1ccccc1)Nc1nc2c(s1)C(=O)C[C@H](C(=O)O)C2. The van der Waals surface area contributed by atoms with E-state index in [1.807, 2.05) is 18.2 Å². The average Bonchev–Trinajstić information content (AvgIpc) is 2.98. The first kappa shape index (κ1) is 17.1. The summed E-state index contributed by atoms with van der Waals surface area (Å²) in [6.45, 7) is 0.223. The third kappa shape index (κ3) is 4.21. The summed E-state index contributed by atoms with van der Waals surface area (Å²) in [5.74, 6) is -1.57. The van der Waals surface area contributed by atoms with Crippen molar-refractivity contribution < 1.29 is 24.2 Å². The van der Waals surface area contributed by atoms with E-state index in [2.05, 4.69) is 10.3 Å². The molecule has 1 aromatic heterocycles. The molecule has 8 heteroatoms. The third-order valence-electron chi connectivity index (χ3n) is 3.76. The number of rotatable bonds is 6. The largest absolute Gasteiger partial charge is 0.493 e. The van der Waals surface area contributed by atoms with Crippen LogP contribution in [0.2, 0.25) is 0 Å². The molecular weight excluding hydrogens is 344 g/mol. The number of ether oxygens (including phenoxy) is 1. The molecule has 1 aliphatic rings. The maximum atomic E-state index is 12.0. The van der Waals surface area contributed by atoms with Crippen LogP contribution in [0.1, 0.15) is 28.2 Å². The second-order valence-corrected chi connectivity index (χ2v) is 6.62. The molecule has 1 atom stereocenters. The minimum atomic E-state index is -1.00. The number of aliphatic carboxylic acids is 1. The Bertz CT molecular complexity index is 803. The van der Waals surface area contributed by atoms with Gasteiger partial charge in [-0.25, -0.2) is 4.98 Å². The average molecular weight is 360 g/mol. The summed E-state index contributed by atoms with van der Waals surface area (Å²) < 4.78 is 5.46. The van der Waals surface area contributed by atoms with Gasteiger partial charge in [0.2, 0.25) is 5.91 Å². The van der Waals surface area contributed by atoms with Gasteiger partial charge in [-0.3, -0.25) is 14.4 Å². The molecule has 0 saturated heterocycles. The quantitative estimate of drug-likeness (QED) is 0.819. The number of fused-ring (bicyclic) bond motifs is 1. The van der Waals surface area contributed by atoms with Gasteiger partial charge in [0, 0.05) is 12.8 Å². The maximum absolute atomic E-state index is 12.0. The Balaban J connectivity index is 1.55. The number of benzene rings is 1. The lowest BCUT2D eigenvalue weighted by molar-refractivity contribution is -0.141. The second kappa shape index (κ2) is 7.43. The Morgan fingerprint density at radius 1 is 1.28 bits per heavy atom. The summed E-state index contributed by atoms with van der Waals surface area (Å²) in [5, 5.41) is 12.0. The Hall–Kier alpha value is -2.74. The van der Waals surface area contributed by atoms with Gasteiger partial charge in [0.15, 0.2) is 10.9 Å². The predicted octanol–water partition coefficient (Wildman–Crippen LogP) is 2.38. The molecule has 1 aromatic carbocycles. The maximum Gasteiger partial charge on any atom is 0.307 e. The summed E-state index contributed by atoms with van der Waals surface area (Å²) in [6, 6.07) is 9.17. The molecule has 0 aliphatic heterocycles. The van der Waals surface area contributed by atoms with Gasteiger partial charge in [-0.2, -0.15) is 0 Å². The number of thiazole rings is 1. The van der Waals surface area contributed by atoms with E-state index in [1.54, 1.807) is 12.1 Å². The first-order valence-electron chi connectivity index (χ1n) is 7.76. The lowest BCUT2D eigenvalue weighted by Gasteiger charge is -2.15. The molecule has 25 heavy (non-hydrogen) atoms. The molecule has 7 nitrogen and oxygen atoms in total. The number of nitrogens with zero attached hydrogens (tertiary/aromatic N) is 1. The minimum Gasteiger partial charge on any atom is -0.493 e. The first-order chi connectivity index (χ1) is 12.0. The molecule has 0 spiro atoms. The Morgan fingerprint density at radius 3 is 2.76 bits per heavy atom. The third-order valence-corrected chi connectivity index (χ3v) is 4.81. The standard InChI is InChI=1S/C17H16N2O5S/c20-13-9-10(16(22)23)8-12-15(13)25-17(18-12)19-14(21)6-7-24-11-4-2-1-3-5-11/h1-5,10H,6-9H2,(H,22,23)(H,18,19,21)/t10-/m1/s1. The van der Waals surface area contributed by atoms with Gasteiger partial charge in [-0.1, -0.05) is 29.5 Å². The number of carboxylic acid groups (broad SMARTS) is 1. The van der Waals surface area contributed by atoms with E-state index < -0.39 is 11.9 Å². The van der Waals surface area contributed by atoms with Crippen LogP contribution in [0.25, 0.3) is 0 Å². The predicted molar refractivity (Wildman–Crippen MR) is 91.1 cm³/mol. The minimum absolute atomic E-state index is 0.0250. The normalized spacial score (nSPS) is 16.2. The van der Waals surface area contributed by atoms with Crippen molar-refractivity contribution in [2.24, 2.45) is 5.92 Å². The lowest BCUT2D eigenvalue weighted by Crippen LogP contribution is -2.25. The van der Waals surface area contributed by atoms with Gasteiger partial charge in [-0.05, 0) is 12.1 Å². The highest BCUT2D eigenvalue weighted by Gasteiger charge is 2.32. The highest BCUT2D eigenvalue weighted by atomic mass is 32.1. The first-order valence-corrected chi connectivity index (χ1v) is 8.58. The number of anilines is 1. The fraction of sp³-hybridized carbons (Fsp3) is 0.294. The number of Topliss-reactive ketones (excluding diaryl/α,β-unsaturated/α-hetero) is 1. The van der Waals surface area contributed by atoms with E-state index in [-0.39, 0.29) is 37.6 Å². The zero-order valence-corrected chi connectivity index (χ0v) is 14.0. The van der Waals surface area contributed by atoms with E-state index in [0.29, 0.717) is 21.5 Å². The van der Waals surface area contributed by atoms with Crippen molar-refractivity contribution in [2.75, 3.05) is 11.9 Å². The number of carbonyl (C=O) groups excluding carboxylic acids is 2. The van der Waals surface area contributed by atoms with E-state index in [1.165, 1.54) is 0 Å². The number of nitrogens with one attached hydrogen (secondary N) is 1. The second-order valence-electron chi connectivity index (χ2n) is 5.62. The van der Waals surface area contributed by atoms with Crippen LogP contribution >= 0.6 is 11.3 Å². The van der Waals surface area contributed by atoms with E-state index in [9.17, 15) is 14.4 Å². The molecule has 3 rings (SSSR count). The molecule has 130 valence electrons.